The first-order valence-corrected chi connectivity index (χ1v) is 13.3. The molecule has 2 saturated heterocycles. The molecule has 11 heteroatoms. The van der Waals surface area contributed by atoms with E-state index in [1.54, 1.807) is 18.3 Å². The Balaban J connectivity index is 1.17. The van der Waals surface area contributed by atoms with Crippen molar-refractivity contribution in [3.05, 3.63) is 46.1 Å². The van der Waals surface area contributed by atoms with Gasteiger partial charge in [-0.1, -0.05) is 18.5 Å². The average Bonchev–Trinajstić information content (AvgIpc) is 3.53. The van der Waals surface area contributed by atoms with Crippen LogP contribution in [0.1, 0.15) is 48.4 Å². The minimum atomic E-state index is -0.436. The van der Waals surface area contributed by atoms with Crippen molar-refractivity contribution >= 4 is 34.4 Å². The SMILES string of the molecule is CCn1cc(Cl)c2cc(C(=O)NC3CCc4nc(N5CC(N)C6(C5)OCCC6C)c(F)cc4C3)nnc21. The molecule has 3 N–H and O–H groups in total. The van der Waals surface area contributed by atoms with Gasteiger partial charge in [0.05, 0.1) is 17.6 Å². The van der Waals surface area contributed by atoms with Gasteiger partial charge in [0.15, 0.2) is 23.0 Å². The van der Waals surface area contributed by atoms with Crippen LogP contribution >= 0.6 is 11.6 Å². The molecule has 6 rings (SSSR count). The number of nitrogens with one attached hydrogen (secondary N) is 1. The van der Waals surface area contributed by atoms with Gasteiger partial charge in [0, 0.05) is 43.0 Å². The van der Waals surface area contributed by atoms with E-state index in [0.717, 1.165) is 17.7 Å². The number of hydrogen-bond donors (Lipinski definition) is 2. The van der Waals surface area contributed by atoms with Crippen LogP contribution in [0.3, 0.4) is 0 Å². The summed E-state index contributed by atoms with van der Waals surface area (Å²) in [5.41, 5.74) is 8.56. The fraction of sp³-hybridized carbons (Fsp3) is 0.538. The van der Waals surface area contributed by atoms with Crippen molar-refractivity contribution in [2.24, 2.45) is 11.7 Å². The topological polar surface area (TPSA) is 111 Å². The summed E-state index contributed by atoms with van der Waals surface area (Å²) in [6.45, 7) is 6.60. The number of nitrogens with zero attached hydrogens (tertiary/aromatic N) is 5. The quantitative estimate of drug-likeness (QED) is 0.536. The third kappa shape index (κ3) is 4.06. The standard InChI is InChI=1S/C26H31ClFN7O2/c1-3-34-11-18(27)17-10-21(32-33-23(17)34)25(36)30-16-4-5-20-15(8-16)9-19(28)24(31-20)35-12-22(29)26(13-35)14(2)6-7-37-26/h9-11,14,16,22H,3-8,12-13,29H2,1-2H3,(H,30,36). The van der Waals surface area contributed by atoms with Crippen molar-refractivity contribution in [1.82, 2.24) is 25.1 Å². The number of hydrogen-bond acceptors (Lipinski definition) is 7. The summed E-state index contributed by atoms with van der Waals surface area (Å²) in [6, 6.07) is 2.89. The molecule has 2 aliphatic heterocycles. The number of fused-ring (bicyclic) bond motifs is 2. The summed E-state index contributed by atoms with van der Waals surface area (Å²) in [6.07, 6.45) is 4.59. The van der Waals surface area contributed by atoms with E-state index in [-0.39, 0.29) is 29.5 Å². The normalized spacial score (nSPS) is 27.3. The molecule has 4 atom stereocenters. The van der Waals surface area contributed by atoms with Gasteiger partial charge in [-0.2, -0.15) is 0 Å². The van der Waals surface area contributed by atoms with Crippen molar-refractivity contribution in [3.63, 3.8) is 0 Å². The Hall–Kier alpha value is -2.82. The summed E-state index contributed by atoms with van der Waals surface area (Å²) in [5.74, 6) is -0.0245. The van der Waals surface area contributed by atoms with Crippen LogP contribution in [-0.2, 0) is 24.1 Å². The predicted octanol–water partition coefficient (Wildman–Crippen LogP) is 2.87. The maximum Gasteiger partial charge on any atom is 0.272 e. The zero-order chi connectivity index (χ0) is 25.9. The number of pyridine rings is 1. The molecule has 0 radical (unpaired) electrons. The molecule has 2 fully saturated rings. The molecule has 1 spiro atoms. The molecule has 3 aromatic rings. The molecular weight excluding hydrogens is 497 g/mol. The van der Waals surface area contributed by atoms with Gasteiger partial charge in [-0.15, -0.1) is 10.2 Å². The molecule has 196 valence electrons. The largest absolute Gasteiger partial charge is 0.371 e. The molecule has 1 amide bonds. The Kier molecular flexibility index (Phi) is 6.08. The predicted molar refractivity (Wildman–Crippen MR) is 138 cm³/mol. The number of aryl methyl sites for hydroxylation is 2. The van der Waals surface area contributed by atoms with Crippen LogP contribution < -0.4 is 16.0 Å². The highest BCUT2D eigenvalue weighted by Crippen LogP contribution is 2.41. The molecule has 4 unspecified atom stereocenters. The molecule has 3 aliphatic rings. The number of anilines is 1. The number of nitrogens with two attached hydrogens (primary N) is 1. The fourth-order valence-electron chi connectivity index (χ4n) is 6.14. The van der Waals surface area contributed by atoms with Crippen molar-refractivity contribution in [2.45, 2.75) is 63.8 Å². The highest BCUT2D eigenvalue weighted by Gasteiger charge is 2.53. The molecule has 0 aromatic carbocycles. The van der Waals surface area contributed by atoms with Crippen molar-refractivity contribution < 1.29 is 13.9 Å². The Morgan fingerprint density at radius 2 is 2.19 bits per heavy atom. The van der Waals surface area contributed by atoms with E-state index >= 15 is 4.39 Å². The van der Waals surface area contributed by atoms with E-state index in [2.05, 4.69) is 22.4 Å². The molecule has 5 heterocycles. The van der Waals surface area contributed by atoms with E-state index in [9.17, 15) is 4.79 Å². The lowest BCUT2D eigenvalue weighted by Gasteiger charge is -2.31. The van der Waals surface area contributed by atoms with Crippen LogP contribution in [0.4, 0.5) is 10.2 Å². The van der Waals surface area contributed by atoms with Crippen LogP contribution in [0, 0.1) is 11.7 Å². The summed E-state index contributed by atoms with van der Waals surface area (Å²) >= 11 is 6.33. The Morgan fingerprint density at radius 1 is 1.35 bits per heavy atom. The summed E-state index contributed by atoms with van der Waals surface area (Å²) < 4.78 is 23.3. The van der Waals surface area contributed by atoms with Crippen LogP contribution in [0.15, 0.2) is 18.3 Å². The first-order valence-electron chi connectivity index (χ1n) is 12.9. The lowest BCUT2D eigenvalue weighted by atomic mass is 9.85. The van der Waals surface area contributed by atoms with Gasteiger partial charge in [0.1, 0.15) is 5.60 Å². The number of carbonyl (C=O) groups is 1. The maximum atomic E-state index is 15.3. The smallest absolute Gasteiger partial charge is 0.272 e. The number of ether oxygens (including phenoxy) is 1. The second-order valence-electron chi connectivity index (χ2n) is 10.5. The van der Waals surface area contributed by atoms with E-state index in [1.165, 1.54) is 0 Å². The van der Waals surface area contributed by atoms with Crippen molar-refractivity contribution in [3.8, 4) is 0 Å². The monoisotopic (exact) mass is 527 g/mol. The van der Waals surface area contributed by atoms with Gasteiger partial charge in [0.25, 0.3) is 5.91 Å². The molecule has 37 heavy (non-hydrogen) atoms. The van der Waals surface area contributed by atoms with Crippen LogP contribution in [0.2, 0.25) is 5.02 Å². The highest BCUT2D eigenvalue weighted by molar-refractivity contribution is 6.35. The third-order valence-corrected chi connectivity index (χ3v) is 8.64. The van der Waals surface area contributed by atoms with Crippen LogP contribution in [0.5, 0.6) is 0 Å². The lowest BCUT2D eigenvalue weighted by Crippen LogP contribution is -2.50. The van der Waals surface area contributed by atoms with Crippen LogP contribution in [0.25, 0.3) is 11.0 Å². The number of aromatic nitrogens is 4. The van der Waals surface area contributed by atoms with Crippen molar-refractivity contribution in [1.29, 1.82) is 0 Å². The van der Waals surface area contributed by atoms with Gasteiger partial charge < -0.3 is 25.3 Å². The van der Waals surface area contributed by atoms with E-state index in [1.807, 2.05) is 16.4 Å². The number of carbonyl (C=O) groups excluding carboxylic acids is 1. The maximum absolute atomic E-state index is 15.3. The van der Waals surface area contributed by atoms with E-state index in [0.29, 0.717) is 73.3 Å². The molecule has 0 bridgehead atoms. The third-order valence-electron chi connectivity index (χ3n) is 8.34. The number of rotatable bonds is 4. The first-order chi connectivity index (χ1) is 17.8. The van der Waals surface area contributed by atoms with Gasteiger partial charge in [0.2, 0.25) is 0 Å². The zero-order valence-electron chi connectivity index (χ0n) is 21.0. The minimum Gasteiger partial charge on any atom is -0.371 e. The second kappa shape index (κ2) is 9.18. The molecular formula is C26H31ClFN7O2. The molecule has 0 saturated carbocycles. The average molecular weight is 528 g/mol. The summed E-state index contributed by atoms with van der Waals surface area (Å²) in [7, 11) is 0. The zero-order valence-corrected chi connectivity index (χ0v) is 21.8. The van der Waals surface area contributed by atoms with E-state index < -0.39 is 5.60 Å². The molecule has 1 aliphatic carbocycles. The van der Waals surface area contributed by atoms with Gasteiger partial charge in [-0.05, 0) is 56.2 Å². The number of halogens is 2. The first kappa shape index (κ1) is 24.5. The fourth-order valence-corrected chi connectivity index (χ4v) is 6.40. The van der Waals surface area contributed by atoms with Crippen molar-refractivity contribution in [2.75, 3.05) is 24.6 Å². The molecule has 9 nitrogen and oxygen atoms in total. The summed E-state index contributed by atoms with van der Waals surface area (Å²) in [4.78, 5) is 19.6. The molecule has 3 aromatic heterocycles. The van der Waals surface area contributed by atoms with Gasteiger partial charge >= 0.3 is 0 Å². The Labute approximate surface area is 219 Å². The Bertz CT molecular complexity index is 1380. The second-order valence-corrected chi connectivity index (χ2v) is 10.9. The Morgan fingerprint density at radius 3 is 2.95 bits per heavy atom. The summed E-state index contributed by atoms with van der Waals surface area (Å²) in [5, 5.41) is 12.6. The van der Waals surface area contributed by atoms with Gasteiger partial charge in [-0.25, -0.2) is 9.37 Å². The lowest BCUT2D eigenvalue weighted by molar-refractivity contribution is -0.0109. The van der Waals surface area contributed by atoms with E-state index in [4.69, 9.17) is 27.1 Å². The van der Waals surface area contributed by atoms with Gasteiger partial charge in [-0.3, -0.25) is 4.79 Å². The number of amides is 1. The highest BCUT2D eigenvalue weighted by atomic mass is 35.5. The minimum absolute atomic E-state index is 0.156. The van der Waals surface area contributed by atoms with Crippen LogP contribution in [-0.4, -0.2) is 63.0 Å².